The lowest BCUT2D eigenvalue weighted by Crippen LogP contribution is -2.40. The number of benzene rings is 2. The zero-order chi connectivity index (χ0) is 18.4. The largest absolute Gasteiger partial charge is 0.385 e. The molecule has 138 valence electrons. The van der Waals surface area contributed by atoms with E-state index in [1.165, 1.54) is 17.5 Å². The molecule has 0 N–H and O–H groups in total. The lowest BCUT2D eigenvalue weighted by Gasteiger charge is -2.33. The summed E-state index contributed by atoms with van der Waals surface area (Å²) in [5.74, 6) is 0.708. The van der Waals surface area contributed by atoms with E-state index in [-0.39, 0.29) is 5.91 Å². The smallest absolute Gasteiger partial charge is 0.253 e. The van der Waals surface area contributed by atoms with E-state index in [9.17, 15) is 4.79 Å². The molecule has 1 fully saturated rings. The Morgan fingerprint density at radius 3 is 2.85 bits per heavy atom. The van der Waals surface area contributed by atoms with Crippen LogP contribution in [0.25, 0.3) is 11.1 Å². The summed E-state index contributed by atoms with van der Waals surface area (Å²) in [6.07, 6.45) is 4.29. The van der Waals surface area contributed by atoms with Gasteiger partial charge in [0.05, 0.1) is 0 Å². The molecule has 2 aromatic rings. The van der Waals surface area contributed by atoms with Crippen molar-refractivity contribution >= 4 is 5.91 Å². The van der Waals surface area contributed by atoms with Crippen LogP contribution in [0.2, 0.25) is 0 Å². The fraction of sp³-hybridized carbons (Fsp3) is 0.435. The topological polar surface area (TPSA) is 29.5 Å². The maximum atomic E-state index is 13.1. The molecule has 3 rings (SSSR count). The molecule has 1 amide bonds. The van der Waals surface area contributed by atoms with Crippen LogP contribution < -0.4 is 0 Å². The third-order valence-electron chi connectivity index (χ3n) is 5.36. The second kappa shape index (κ2) is 9.00. The summed E-state index contributed by atoms with van der Waals surface area (Å²) >= 11 is 0. The van der Waals surface area contributed by atoms with E-state index < -0.39 is 0 Å². The molecule has 0 aromatic heterocycles. The van der Waals surface area contributed by atoms with Crippen molar-refractivity contribution in [2.75, 3.05) is 26.8 Å². The molecule has 1 aliphatic heterocycles. The highest BCUT2D eigenvalue weighted by molar-refractivity contribution is 5.95. The van der Waals surface area contributed by atoms with Gasteiger partial charge in [-0.3, -0.25) is 4.79 Å². The van der Waals surface area contributed by atoms with Gasteiger partial charge in [0, 0.05) is 32.4 Å². The van der Waals surface area contributed by atoms with Crippen LogP contribution in [0, 0.1) is 5.92 Å². The molecule has 1 heterocycles. The van der Waals surface area contributed by atoms with Gasteiger partial charge in [0.2, 0.25) is 0 Å². The number of likely N-dealkylation sites (tertiary alicyclic amines) is 1. The highest BCUT2D eigenvalue weighted by atomic mass is 16.5. The van der Waals surface area contributed by atoms with Crippen molar-refractivity contribution in [2.24, 2.45) is 5.92 Å². The highest BCUT2D eigenvalue weighted by Gasteiger charge is 2.24. The number of methoxy groups -OCH3 is 1. The van der Waals surface area contributed by atoms with E-state index in [1.807, 2.05) is 17.0 Å². The molecule has 3 nitrogen and oxygen atoms in total. The van der Waals surface area contributed by atoms with Crippen molar-refractivity contribution in [3.05, 3.63) is 59.7 Å². The summed E-state index contributed by atoms with van der Waals surface area (Å²) in [6, 6.07) is 16.5. The van der Waals surface area contributed by atoms with E-state index in [0.717, 1.165) is 50.1 Å². The predicted molar refractivity (Wildman–Crippen MR) is 106 cm³/mol. The van der Waals surface area contributed by atoms with Crippen LogP contribution in [0.3, 0.4) is 0 Å². The molecule has 2 aromatic carbocycles. The second-order valence-electron chi connectivity index (χ2n) is 7.13. The van der Waals surface area contributed by atoms with Gasteiger partial charge in [0.1, 0.15) is 0 Å². The Morgan fingerprint density at radius 2 is 2.04 bits per heavy atom. The number of amides is 1. The van der Waals surface area contributed by atoms with Crippen LogP contribution in [-0.4, -0.2) is 37.6 Å². The Morgan fingerprint density at radius 1 is 1.19 bits per heavy atom. The second-order valence-corrected chi connectivity index (χ2v) is 7.13. The summed E-state index contributed by atoms with van der Waals surface area (Å²) in [7, 11) is 1.74. The molecular formula is C23H29NO2. The number of aryl methyl sites for hydroxylation is 1. The van der Waals surface area contributed by atoms with Crippen LogP contribution in [0.4, 0.5) is 0 Å². The van der Waals surface area contributed by atoms with Gasteiger partial charge in [-0.15, -0.1) is 0 Å². The molecular weight excluding hydrogens is 322 g/mol. The first-order valence-electron chi connectivity index (χ1n) is 9.69. The highest BCUT2D eigenvalue weighted by Crippen LogP contribution is 2.26. The average molecular weight is 351 g/mol. The minimum absolute atomic E-state index is 0.156. The number of ether oxygens (including phenoxy) is 1. The molecule has 0 saturated carbocycles. The van der Waals surface area contributed by atoms with Crippen LogP contribution in [-0.2, 0) is 11.2 Å². The van der Waals surface area contributed by atoms with Gasteiger partial charge in [0.25, 0.3) is 5.91 Å². The van der Waals surface area contributed by atoms with E-state index in [0.29, 0.717) is 5.92 Å². The van der Waals surface area contributed by atoms with Crippen LogP contribution in [0.15, 0.2) is 48.5 Å². The first-order chi connectivity index (χ1) is 12.7. The molecule has 26 heavy (non-hydrogen) atoms. The molecule has 1 saturated heterocycles. The van der Waals surface area contributed by atoms with Crippen molar-refractivity contribution in [1.29, 1.82) is 0 Å². The van der Waals surface area contributed by atoms with E-state index in [1.54, 1.807) is 7.11 Å². The average Bonchev–Trinajstić information content (AvgIpc) is 2.72. The van der Waals surface area contributed by atoms with Gasteiger partial charge in [-0.05, 0) is 60.4 Å². The minimum Gasteiger partial charge on any atom is -0.385 e. The summed E-state index contributed by atoms with van der Waals surface area (Å²) in [5.41, 5.74) is 4.46. The van der Waals surface area contributed by atoms with E-state index >= 15 is 0 Å². The predicted octanol–water partition coefficient (Wildman–Crippen LogP) is 4.80. The number of piperidine rings is 1. The quantitative estimate of drug-likeness (QED) is 0.748. The summed E-state index contributed by atoms with van der Waals surface area (Å²) in [4.78, 5) is 15.1. The minimum atomic E-state index is 0.156. The fourth-order valence-electron chi connectivity index (χ4n) is 3.88. The SMILES string of the molecule is CCc1ccccc1-c1cccc(C(=O)N2CCCC(CCOC)C2)c1. The van der Waals surface area contributed by atoms with Gasteiger partial charge in [0.15, 0.2) is 0 Å². The Kier molecular flexibility index (Phi) is 6.45. The zero-order valence-corrected chi connectivity index (χ0v) is 15.9. The van der Waals surface area contributed by atoms with Crippen LogP contribution >= 0.6 is 0 Å². The molecule has 1 aliphatic rings. The Hall–Kier alpha value is -2.13. The molecule has 1 unspecified atom stereocenters. The summed E-state index contributed by atoms with van der Waals surface area (Å²) in [5, 5.41) is 0. The number of carbonyl (C=O) groups excluding carboxylic acids is 1. The molecule has 0 aliphatic carbocycles. The third-order valence-corrected chi connectivity index (χ3v) is 5.36. The standard InChI is InChI=1S/C23H29NO2/c1-3-19-9-4-5-12-22(19)20-10-6-11-21(16-20)23(25)24-14-7-8-18(17-24)13-15-26-2/h4-6,9-12,16,18H,3,7-8,13-15,17H2,1-2H3. The first kappa shape index (κ1) is 18.7. The van der Waals surface area contributed by atoms with Crippen molar-refractivity contribution in [3.63, 3.8) is 0 Å². The van der Waals surface area contributed by atoms with Gasteiger partial charge in [-0.2, -0.15) is 0 Å². The lowest BCUT2D eigenvalue weighted by atomic mass is 9.94. The number of rotatable bonds is 6. The zero-order valence-electron chi connectivity index (χ0n) is 15.9. The Labute approximate surface area is 157 Å². The molecule has 0 bridgehead atoms. The van der Waals surface area contributed by atoms with Crippen LogP contribution in [0.5, 0.6) is 0 Å². The van der Waals surface area contributed by atoms with Crippen molar-refractivity contribution in [3.8, 4) is 11.1 Å². The fourth-order valence-corrected chi connectivity index (χ4v) is 3.88. The third kappa shape index (κ3) is 4.34. The maximum Gasteiger partial charge on any atom is 0.253 e. The Bertz CT molecular complexity index is 740. The first-order valence-corrected chi connectivity index (χ1v) is 9.69. The monoisotopic (exact) mass is 351 g/mol. The van der Waals surface area contributed by atoms with Gasteiger partial charge in [-0.25, -0.2) is 0 Å². The van der Waals surface area contributed by atoms with Crippen LogP contribution in [0.1, 0.15) is 42.1 Å². The normalized spacial score (nSPS) is 17.3. The van der Waals surface area contributed by atoms with E-state index in [2.05, 4.69) is 43.3 Å². The van der Waals surface area contributed by atoms with Crippen molar-refractivity contribution in [1.82, 2.24) is 4.90 Å². The van der Waals surface area contributed by atoms with Gasteiger partial charge in [-0.1, -0.05) is 43.3 Å². The number of carbonyl (C=O) groups is 1. The number of hydrogen-bond donors (Lipinski definition) is 0. The number of hydrogen-bond acceptors (Lipinski definition) is 2. The number of nitrogens with zero attached hydrogens (tertiary/aromatic N) is 1. The Balaban J connectivity index is 1.78. The molecule has 0 spiro atoms. The van der Waals surface area contributed by atoms with Crippen molar-refractivity contribution in [2.45, 2.75) is 32.6 Å². The maximum absolute atomic E-state index is 13.1. The van der Waals surface area contributed by atoms with Crippen molar-refractivity contribution < 1.29 is 9.53 Å². The molecule has 1 atom stereocenters. The summed E-state index contributed by atoms with van der Waals surface area (Å²) < 4.78 is 5.21. The van der Waals surface area contributed by atoms with E-state index in [4.69, 9.17) is 4.74 Å². The molecule has 0 radical (unpaired) electrons. The molecule has 3 heteroatoms. The lowest BCUT2D eigenvalue weighted by molar-refractivity contribution is 0.0642. The van der Waals surface area contributed by atoms with Gasteiger partial charge < -0.3 is 9.64 Å². The van der Waals surface area contributed by atoms with Gasteiger partial charge >= 0.3 is 0 Å². The summed E-state index contributed by atoms with van der Waals surface area (Å²) in [6.45, 7) is 4.65.